The van der Waals surface area contributed by atoms with Gasteiger partial charge in [0, 0.05) is 23.8 Å². The number of nitrogens with two attached hydrogens (primary N) is 1. The topological polar surface area (TPSA) is 76.4 Å². The van der Waals surface area contributed by atoms with Crippen LogP contribution in [0.25, 0.3) is 0 Å². The first-order valence-corrected chi connectivity index (χ1v) is 5.98. The SMILES string of the molecule is COc1cccc(NC(=O)NC(C)CC(C)N)c1. The molecule has 5 nitrogen and oxygen atoms in total. The van der Waals surface area contributed by atoms with Crippen LogP contribution in [0.2, 0.25) is 0 Å². The fourth-order valence-electron chi connectivity index (χ4n) is 1.71. The molecule has 0 saturated carbocycles. The van der Waals surface area contributed by atoms with E-state index in [0.717, 1.165) is 6.42 Å². The molecule has 100 valence electrons. The third-order valence-electron chi connectivity index (χ3n) is 2.43. The smallest absolute Gasteiger partial charge is 0.319 e. The Morgan fingerprint density at radius 1 is 1.44 bits per heavy atom. The first-order valence-electron chi connectivity index (χ1n) is 5.98. The van der Waals surface area contributed by atoms with E-state index >= 15 is 0 Å². The van der Waals surface area contributed by atoms with E-state index in [2.05, 4.69) is 10.6 Å². The number of urea groups is 1. The highest BCUT2D eigenvalue weighted by molar-refractivity contribution is 5.89. The van der Waals surface area contributed by atoms with Crippen molar-refractivity contribution in [1.29, 1.82) is 0 Å². The van der Waals surface area contributed by atoms with E-state index in [0.29, 0.717) is 11.4 Å². The zero-order chi connectivity index (χ0) is 13.5. The number of benzene rings is 1. The first-order chi connectivity index (χ1) is 8.51. The molecule has 18 heavy (non-hydrogen) atoms. The van der Waals surface area contributed by atoms with Crippen molar-refractivity contribution in [3.63, 3.8) is 0 Å². The van der Waals surface area contributed by atoms with Crippen LogP contribution in [0, 0.1) is 0 Å². The molecule has 0 heterocycles. The van der Waals surface area contributed by atoms with E-state index in [4.69, 9.17) is 10.5 Å². The molecular formula is C13H21N3O2. The van der Waals surface area contributed by atoms with Gasteiger partial charge in [-0.25, -0.2) is 4.79 Å². The molecule has 2 amide bonds. The Morgan fingerprint density at radius 2 is 2.17 bits per heavy atom. The summed E-state index contributed by atoms with van der Waals surface area (Å²) in [6.45, 7) is 3.84. The van der Waals surface area contributed by atoms with E-state index in [1.807, 2.05) is 26.0 Å². The van der Waals surface area contributed by atoms with E-state index in [1.165, 1.54) is 0 Å². The zero-order valence-electron chi connectivity index (χ0n) is 11.1. The average Bonchev–Trinajstić information content (AvgIpc) is 2.27. The molecule has 2 unspecified atom stereocenters. The van der Waals surface area contributed by atoms with Crippen LogP contribution in [0.5, 0.6) is 5.75 Å². The summed E-state index contributed by atoms with van der Waals surface area (Å²) in [6.07, 6.45) is 0.742. The molecule has 2 atom stereocenters. The Kier molecular flexibility index (Phi) is 5.45. The Hall–Kier alpha value is -1.75. The number of hydrogen-bond acceptors (Lipinski definition) is 3. The summed E-state index contributed by atoms with van der Waals surface area (Å²) < 4.78 is 5.08. The lowest BCUT2D eigenvalue weighted by atomic mass is 10.1. The molecule has 0 aliphatic carbocycles. The Balaban J connectivity index is 2.48. The van der Waals surface area contributed by atoms with Gasteiger partial charge in [-0.15, -0.1) is 0 Å². The molecule has 0 aromatic heterocycles. The van der Waals surface area contributed by atoms with Crippen LogP contribution in [0.3, 0.4) is 0 Å². The highest BCUT2D eigenvalue weighted by Crippen LogP contribution is 2.16. The van der Waals surface area contributed by atoms with Crippen LogP contribution in [0.15, 0.2) is 24.3 Å². The number of anilines is 1. The summed E-state index contributed by atoms with van der Waals surface area (Å²) in [6, 6.07) is 7.07. The van der Waals surface area contributed by atoms with Gasteiger partial charge in [0.2, 0.25) is 0 Å². The second-order valence-corrected chi connectivity index (χ2v) is 4.44. The largest absolute Gasteiger partial charge is 0.497 e. The molecule has 1 aromatic carbocycles. The summed E-state index contributed by atoms with van der Waals surface area (Å²) in [5, 5.41) is 5.58. The van der Waals surface area contributed by atoms with Gasteiger partial charge in [-0.3, -0.25) is 0 Å². The molecule has 5 heteroatoms. The van der Waals surface area contributed by atoms with Crippen molar-refractivity contribution in [3.05, 3.63) is 24.3 Å². The molecule has 1 aromatic rings. The normalized spacial score (nSPS) is 13.6. The Morgan fingerprint density at radius 3 is 2.78 bits per heavy atom. The summed E-state index contributed by atoms with van der Waals surface area (Å²) in [4.78, 5) is 11.7. The highest BCUT2D eigenvalue weighted by Gasteiger charge is 2.09. The third kappa shape index (κ3) is 5.05. The van der Waals surface area contributed by atoms with Gasteiger partial charge < -0.3 is 21.1 Å². The van der Waals surface area contributed by atoms with Crippen molar-refractivity contribution in [2.45, 2.75) is 32.4 Å². The van der Waals surface area contributed by atoms with Gasteiger partial charge >= 0.3 is 6.03 Å². The van der Waals surface area contributed by atoms with Crippen LogP contribution in [0.4, 0.5) is 10.5 Å². The number of methoxy groups -OCH3 is 1. The van der Waals surface area contributed by atoms with Gasteiger partial charge in [-0.1, -0.05) is 6.07 Å². The van der Waals surface area contributed by atoms with Crippen LogP contribution < -0.4 is 21.1 Å². The summed E-state index contributed by atoms with van der Waals surface area (Å²) in [5.74, 6) is 0.705. The molecule has 0 aliphatic rings. The summed E-state index contributed by atoms with van der Waals surface area (Å²) >= 11 is 0. The number of hydrogen-bond donors (Lipinski definition) is 3. The van der Waals surface area contributed by atoms with Crippen LogP contribution in [0.1, 0.15) is 20.3 Å². The second-order valence-electron chi connectivity index (χ2n) is 4.44. The van der Waals surface area contributed by atoms with Gasteiger partial charge in [0.05, 0.1) is 7.11 Å². The minimum absolute atomic E-state index is 0.0376. The van der Waals surface area contributed by atoms with Gasteiger partial charge in [-0.2, -0.15) is 0 Å². The lowest BCUT2D eigenvalue weighted by molar-refractivity contribution is 0.248. The molecule has 0 fully saturated rings. The molecule has 0 bridgehead atoms. The van der Waals surface area contributed by atoms with Crippen LogP contribution in [-0.4, -0.2) is 25.2 Å². The lowest BCUT2D eigenvalue weighted by Crippen LogP contribution is -2.39. The van der Waals surface area contributed by atoms with Crippen LogP contribution >= 0.6 is 0 Å². The van der Waals surface area contributed by atoms with Gasteiger partial charge in [0.25, 0.3) is 0 Å². The molecule has 0 spiro atoms. The lowest BCUT2D eigenvalue weighted by Gasteiger charge is -2.16. The fourth-order valence-corrected chi connectivity index (χ4v) is 1.71. The van der Waals surface area contributed by atoms with E-state index in [-0.39, 0.29) is 18.1 Å². The maximum absolute atomic E-state index is 11.7. The quantitative estimate of drug-likeness (QED) is 0.748. The van der Waals surface area contributed by atoms with Crippen molar-refractivity contribution in [1.82, 2.24) is 5.32 Å². The maximum atomic E-state index is 11.7. The standard InChI is InChI=1S/C13H21N3O2/c1-9(14)7-10(2)15-13(17)16-11-5-4-6-12(8-11)18-3/h4-6,8-10H,7,14H2,1-3H3,(H2,15,16,17). The van der Waals surface area contributed by atoms with E-state index in [9.17, 15) is 4.79 Å². The number of carbonyl (C=O) groups excluding carboxylic acids is 1. The monoisotopic (exact) mass is 251 g/mol. The van der Waals surface area contributed by atoms with Crippen molar-refractivity contribution in [3.8, 4) is 5.75 Å². The number of rotatable bonds is 5. The van der Waals surface area contributed by atoms with Gasteiger partial charge in [-0.05, 0) is 32.4 Å². The zero-order valence-corrected chi connectivity index (χ0v) is 11.1. The molecule has 4 N–H and O–H groups in total. The van der Waals surface area contributed by atoms with E-state index < -0.39 is 0 Å². The highest BCUT2D eigenvalue weighted by atomic mass is 16.5. The van der Waals surface area contributed by atoms with Crippen molar-refractivity contribution in [2.24, 2.45) is 5.73 Å². The molecule has 0 aliphatic heterocycles. The van der Waals surface area contributed by atoms with E-state index in [1.54, 1.807) is 19.2 Å². The predicted octanol–water partition coefficient (Wildman–Crippen LogP) is 1.94. The number of amides is 2. The van der Waals surface area contributed by atoms with Gasteiger partial charge in [0.15, 0.2) is 0 Å². The van der Waals surface area contributed by atoms with Crippen molar-refractivity contribution >= 4 is 11.7 Å². The fraction of sp³-hybridized carbons (Fsp3) is 0.462. The first kappa shape index (κ1) is 14.3. The number of ether oxygens (including phenoxy) is 1. The second kappa shape index (κ2) is 6.86. The third-order valence-corrected chi connectivity index (χ3v) is 2.43. The van der Waals surface area contributed by atoms with Crippen LogP contribution in [-0.2, 0) is 0 Å². The molecular weight excluding hydrogens is 230 g/mol. The number of nitrogens with one attached hydrogen (secondary N) is 2. The predicted molar refractivity (Wildman–Crippen MR) is 72.9 cm³/mol. The maximum Gasteiger partial charge on any atom is 0.319 e. The number of carbonyl (C=O) groups is 1. The Bertz CT molecular complexity index is 394. The van der Waals surface area contributed by atoms with Gasteiger partial charge in [0.1, 0.15) is 5.75 Å². The molecule has 1 rings (SSSR count). The van der Waals surface area contributed by atoms with Crippen molar-refractivity contribution in [2.75, 3.05) is 12.4 Å². The molecule has 0 saturated heterocycles. The summed E-state index contributed by atoms with van der Waals surface area (Å²) in [7, 11) is 1.59. The molecule has 0 radical (unpaired) electrons. The minimum atomic E-state index is -0.239. The average molecular weight is 251 g/mol. The van der Waals surface area contributed by atoms with Crippen molar-refractivity contribution < 1.29 is 9.53 Å². The summed E-state index contributed by atoms with van der Waals surface area (Å²) in [5.41, 5.74) is 6.37. The minimum Gasteiger partial charge on any atom is -0.497 e. The Labute approximate surface area is 108 Å².